The molecule has 2 aromatic carbocycles. The Labute approximate surface area is 138 Å². The molecule has 0 saturated carbocycles. The molecule has 1 aliphatic carbocycles. The second-order valence-electron chi connectivity index (χ2n) is 4.95. The normalized spacial score (nSPS) is 14.8. The first kappa shape index (κ1) is 16.5. The summed E-state index contributed by atoms with van der Waals surface area (Å²) in [6, 6.07) is 7.02. The molecule has 1 aliphatic rings. The molecule has 0 heterocycles. The van der Waals surface area contributed by atoms with Gasteiger partial charge < -0.3 is 0 Å². The van der Waals surface area contributed by atoms with Gasteiger partial charge in [0.2, 0.25) is 0 Å². The van der Waals surface area contributed by atoms with Gasteiger partial charge in [-0.2, -0.15) is 8.42 Å². The molecule has 0 radical (unpaired) electrons. The van der Waals surface area contributed by atoms with Crippen molar-refractivity contribution in [2.45, 2.75) is 4.90 Å². The zero-order chi connectivity index (χ0) is 17.6. The number of rotatable bonds is 3. The van der Waals surface area contributed by atoms with Crippen molar-refractivity contribution in [3.63, 3.8) is 0 Å². The monoisotopic (exact) mass is 367 g/mol. The van der Waals surface area contributed by atoms with Gasteiger partial charge in [0.15, 0.2) is 11.6 Å². The van der Waals surface area contributed by atoms with Gasteiger partial charge in [-0.15, -0.1) is 0 Å². The summed E-state index contributed by atoms with van der Waals surface area (Å²) in [5.74, 6) is -1.12. The molecule has 0 fully saturated rings. The highest BCUT2D eigenvalue weighted by Gasteiger charge is 2.31. The quantitative estimate of drug-likeness (QED) is 0.468. The van der Waals surface area contributed by atoms with Gasteiger partial charge in [-0.3, -0.25) is 23.4 Å². The number of benzene rings is 2. The molecule has 124 valence electrons. The molecule has 8 nitrogen and oxygen atoms in total. The first-order valence-corrected chi connectivity index (χ1v) is 8.95. The van der Waals surface area contributed by atoms with Crippen molar-refractivity contribution in [2.75, 3.05) is 4.72 Å². The molecule has 2 aromatic rings. The molecule has 24 heavy (non-hydrogen) atoms. The van der Waals surface area contributed by atoms with Gasteiger partial charge in [0.25, 0.3) is 21.4 Å². The van der Waals surface area contributed by atoms with Crippen LogP contribution in [0.2, 0.25) is 0 Å². The number of nitrogens with one attached hydrogen (secondary N) is 1. The minimum absolute atomic E-state index is 0.0119. The fourth-order valence-corrected chi connectivity index (χ4v) is 3.29. The topological polar surface area (TPSA) is 138 Å². The standard InChI is InChI=1S/C14H9NO7S2/c16-13-10-4-2-8(24(20,21)22)6-12(10)14(17)9-3-1-7(5-11(9)13)15-23(18)19/h1-6,15H,(H,18,19)(H,20,21,22). The Bertz CT molecular complexity index is 1030. The molecule has 0 saturated heterocycles. The predicted molar refractivity (Wildman–Crippen MR) is 84.0 cm³/mol. The van der Waals surface area contributed by atoms with Crippen molar-refractivity contribution in [1.29, 1.82) is 0 Å². The maximum Gasteiger partial charge on any atom is 0.294 e. The van der Waals surface area contributed by atoms with Crippen LogP contribution >= 0.6 is 0 Å². The van der Waals surface area contributed by atoms with E-state index >= 15 is 0 Å². The fourth-order valence-electron chi connectivity index (χ4n) is 2.45. The van der Waals surface area contributed by atoms with Crippen LogP contribution < -0.4 is 4.72 Å². The van der Waals surface area contributed by atoms with Crippen molar-refractivity contribution in [1.82, 2.24) is 0 Å². The van der Waals surface area contributed by atoms with Crippen LogP contribution in [-0.4, -0.2) is 33.3 Å². The zero-order valence-corrected chi connectivity index (χ0v) is 13.3. The number of carbonyl (C=O) groups is 2. The van der Waals surface area contributed by atoms with Crippen molar-refractivity contribution in [2.24, 2.45) is 0 Å². The summed E-state index contributed by atoms with van der Waals surface area (Å²) in [5, 5.41) is 0. The van der Waals surface area contributed by atoms with Gasteiger partial charge >= 0.3 is 0 Å². The van der Waals surface area contributed by atoms with E-state index in [2.05, 4.69) is 4.72 Å². The molecule has 0 bridgehead atoms. The third kappa shape index (κ3) is 2.76. The lowest BCUT2D eigenvalue weighted by Crippen LogP contribution is -2.21. The Kier molecular flexibility index (Phi) is 3.84. The maximum atomic E-state index is 12.5. The second kappa shape index (κ2) is 5.60. The van der Waals surface area contributed by atoms with E-state index in [9.17, 15) is 22.2 Å². The lowest BCUT2D eigenvalue weighted by Gasteiger charge is -2.18. The minimum atomic E-state index is -4.51. The molecule has 10 heteroatoms. The molecule has 1 atom stereocenters. The zero-order valence-electron chi connectivity index (χ0n) is 11.7. The summed E-state index contributed by atoms with van der Waals surface area (Å²) in [7, 11) is -4.51. The van der Waals surface area contributed by atoms with Gasteiger partial charge in [0, 0.05) is 27.9 Å². The lowest BCUT2D eigenvalue weighted by molar-refractivity contribution is 0.0979. The van der Waals surface area contributed by atoms with E-state index in [1.54, 1.807) is 0 Å². The molecule has 0 spiro atoms. The van der Waals surface area contributed by atoms with E-state index in [0.29, 0.717) is 0 Å². The van der Waals surface area contributed by atoms with Crippen LogP contribution in [0.5, 0.6) is 0 Å². The van der Waals surface area contributed by atoms with Crippen LogP contribution in [0, 0.1) is 0 Å². The van der Waals surface area contributed by atoms with E-state index < -0.39 is 37.8 Å². The van der Waals surface area contributed by atoms with E-state index in [-0.39, 0.29) is 27.9 Å². The van der Waals surface area contributed by atoms with Gasteiger partial charge in [-0.05, 0) is 36.4 Å². The summed E-state index contributed by atoms with van der Waals surface area (Å²) in [6.07, 6.45) is 0. The number of carbonyl (C=O) groups excluding carboxylic acids is 2. The summed E-state index contributed by atoms with van der Waals surface area (Å²) in [4.78, 5) is 24.5. The molecule has 1 unspecified atom stereocenters. The number of fused-ring (bicyclic) bond motifs is 2. The summed E-state index contributed by atoms with van der Waals surface area (Å²) in [6.45, 7) is 0. The van der Waals surface area contributed by atoms with Crippen LogP contribution in [0.1, 0.15) is 31.8 Å². The maximum absolute atomic E-state index is 12.5. The smallest absolute Gasteiger partial charge is 0.289 e. The molecule has 0 amide bonds. The molecule has 3 N–H and O–H groups in total. The van der Waals surface area contributed by atoms with Crippen LogP contribution in [-0.2, 0) is 21.4 Å². The summed E-state index contributed by atoms with van der Waals surface area (Å²) < 4.78 is 53.3. The van der Waals surface area contributed by atoms with E-state index in [1.807, 2.05) is 0 Å². The number of hydrogen-bond acceptors (Lipinski definition) is 5. The average molecular weight is 367 g/mol. The Hall–Kier alpha value is -2.40. The Morgan fingerprint density at radius 3 is 1.96 bits per heavy atom. The summed E-state index contributed by atoms with van der Waals surface area (Å²) >= 11 is -2.34. The van der Waals surface area contributed by atoms with E-state index in [0.717, 1.165) is 18.2 Å². The number of hydrogen-bond donors (Lipinski definition) is 3. The van der Waals surface area contributed by atoms with Crippen molar-refractivity contribution in [3.05, 3.63) is 58.7 Å². The molecule has 3 rings (SSSR count). The molecule has 0 aliphatic heterocycles. The predicted octanol–water partition coefficient (Wildman–Crippen LogP) is 1.26. The largest absolute Gasteiger partial charge is 0.294 e. The Balaban J connectivity index is 2.16. The van der Waals surface area contributed by atoms with Crippen LogP contribution in [0.4, 0.5) is 5.69 Å². The number of anilines is 1. The van der Waals surface area contributed by atoms with E-state index in [4.69, 9.17) is 9.11 Å². The summed E-state index contributed by atoms with van der Waals surface area (Å²) in [5.41, 5.74) is 0.0989. The van der Waals surface area contributed by atoms with Gasteiger partial charge in [0.05, 0.1) is 4.90 Å². The van der Waals surface area contributed by atoms with Crippen molar-refractivity contribution in [3.8, 4) is 0 Å². The molecular formula is C14H9NO7S2. The SMILES string of the molecule is O=C1c2ccc(S(=O)(=O)O)cc2C(=O)c2ccc(NS(=O)O)cc21. The van der Waals surface area contributed by atoms with Crippen LogP contribution in [0.25, 0.3) is 0 Å². The first-order chi connectivity index (χ1) is 11.2. The average Bonchev–Trinajstić information content (AvgIpc) is 2.50. The second-order valence-corrected chi connectivity index (χ2v) is 7.08. The van der Waals surface area contributed by atoms with Crippen LogP contribution in [0.3, 0.4) is 0 Å². The minimum Gasteiger partial charge on any atom is -0.289 e. The number of ketones is 2. The first-order valence-electron chi connectivity index (χ1n) is 6.41. The van der Waals surface area contributed by atoms with Gasteiger partial charge in [-0.1, -0.05) is 0 Å². The Morgan fingerprint density at radius 2 is 1.42 bits per heavy atom. The van der Waals surface area contributed by atoms with E-state index in [1.165, 1.54) is 18.2 Å². The third-order valence-electron chi connectivity index (χ3n) is 3.49. The Morgan fingerprint density at radius 1 is 0.875 bits per heavy atom. The van der Waals surface area contributed by atoms with Gasteiger partial charge in [-0.25, -0.2) is 4.21 Å². The van der Waals surface area contributed by atoms with Crippen molar-refractivity contribution < 1.29 is 31.3 Å². The third-order valence-corrected chi connectivity index (χ3v) is 4.75. The highest BCUT2D eigenvalue weighted by Crippen LogP contribution is 2.30. The highest BCUT2D eigenvalue weighted by atomic mass is 32.2. The van der Waals surface area contributed by atoms with Crippen LogP contribution in [0.15, 0.2) is 41.3 Å². The molecule has 0 aromatic heterocycles. The van der Waals surface area contributed by atoms with Gasteiger partial charge in [0.1, 0.15) is 0 Å². The molecular weight excluding hydrogens is 358 g/mol. The highest BCUT2D eigenvalue weighted by molar-refractivity contribution is 7.85. The van der Waals surface area contributed by atoms with Crippen molar-refractivity contribution >= 4 is 38.6 Å². The lowest BCUT2D eigenvalue weighted by atomic mass is 9.84. The fraction of sp³-hybridized carbons (Fsp3) is 0.